The van der Waals surface area contributed by atoms with Crippen molar-refractivity contribution in [3.8, 4) is 5.75 Å². The maximum absolute atomic E-state index is 12.4. The summed E-state index contributed by atoms with van der Waals surface area (Å²) >= 11 is 0. The Bertz CT molecular complexity index is 1730. The summed E-state index contributed by atoms with van der Waals surface area (Å²) in [6.07, 6.45) is 23.5. The number of fused-ring (bicyclic) bond motifs is 5. The van der Waals surface area contributed by atoms with Gasteiger partial charge in [-0.2, -0.15) is 0 Å². The molecule has 0 saturated heterocycles. The first-order valence-electron chi connectivity index (χ1n) is 22.0. The van der Waals surface area contributed by atoms with Crippen LogP contribution in [0, 0.1) is 46.3 Å². The van der Waals surface area contributed by atoms with Crippen molar-refractivity contribution in [1.29, 1.82) is 0 Å². The first-order chi connectivity index (χ1) is 26.8. The molecular formula is C49H70N2O5. The molecule has 0 radical (unpaired) electrons. The van der Waals surface area contributed by atoms with E-state index in [1.165, 1.54) is 69.4 Å². The number of hydrogen-bond acceptors (Lipinski definition) is 6. The predicted octanol–water partition coefficient (Wildman–Crippen LogP) is 11.9. The number of aliphatic carboxylic acids is 1. The van der Waals surface area contributed by atoms with Gasteiger partial charge < -0.3 is 26.0 Å². The van der Waals surface area contributed by atoms with Gasteiger partial charge in [-0.1, -0.05) is 71.6 Å². The standard InChI is InChI=1S/C49H70N2O5/c1-32(2)11-10-12-33(3)42-17-18-43-40-16-15-37-28-35(21-23-48(37,4)44(40)22-24-49(42,43)5)41-27-34(14-20-46(52)53)13-19-45(41)55-25-8-6-7-9-26-56-47(54)36-29-38(50)31-39(51)30-36/h13-15,19-20,27,29-33,35,40,42-44H,6-12,16-18,21-26,28,50-51H2,1-5H3,(H,52,53)/t33-,35?,40?,42-,43?,44?,48+,49-/m1/s1. The lowest BCUT2D eigenvalue weighted by Gasteiger charge is -2.58. The van der Waals surface area contributed by atoms with Gasteiger partial charge in [0.2, 0.25) is 0 Å². The fourth-order valence-corrected chi connectivity index (χ4v) is 12.0. The van der Waals surface area contributed by atoms with Crippen LogP contribution in [-0.4, -0.2) is 30.3 Å². The van der Waals surface area contributed by atoms with Gasteiger partial charge >= 0.3 is 11.9 Å². The van der Waals surface area contributed by atoms with Gasteiger partial charge in [-0.15, -0.1) is 0 Å². The molecule has 306 valence electrons. The number of unbranched alkanes of at least 4 members (excludes halogenated alkanes) is 3. The van der Waals surface area contributed by atoms with E-state index in [1.54, 1.807) is 29.8 Å². The quantitative estimate of drug-likeness (QED) is 0.0481. The normalized spacial score (nSPS) is 29.0. The molecule has 0 bridgehead atoms. The van der Waals surface area contributed by atoms with Crippen molar-refractivity contribution in [2.24, 2.45) is 46.3 Å². The van der Waals surface area contributed by atoms with Gasteiger partial charge in [-0.25, -0.2) is 9.59 Å². The highest BCUT2D eigenvalue weighted by Gasteiger charge is 2.59. The van der Waals surface area contributed by atoms with Crippen molar-refractivity contribution in [3.05, 3.63) is 70.8 Å². The zero-order chi connectivity index (χ0) is 40.0. The Morgan fingerprint density at radius 3 is 2.36 bits per heavy atom. The lowest BCUT2D eigenvalue weighted by Crippen LogP contribution is -2.50. The van der Waals surface area contributed by atoms with E-state index in [2.05, 4.69) is 46.8 Å². The predicted molar refractivity (Wildman–Crippen MR) is 228 cm³/mol. The number of anilines is 2. The smallest absolute Gasteiger partial charge is 0.338 e. The van der Waals surface area contributed by atoms with Gasteiger partial charge in [0.25, 0.3) is 0 Å². The zero-order valence-corrected chi connectivity index (χ0v) is 35.0. The number of hydrogen-bond donors (Lipinski definition) is 3. The third kappa shape index (κ3) is 9.51. The van der Waals surface area contributed by atoms with Crippen molar-refractivity contribution in [3.63, 3.8) is 0 Å². The molecule has 56 heavy (non-hydrogen) atoms. The van der Waals surface area contributed by atoms with Gasteiger partial charge in [0, 0.05) is 17.5 Å². The van der Waals surface area contributed by atoms with Crippen LogP contribution in [-0.2, 0) is 9.53 Å². The third-order valence-corrected chi connectivity index (χ3v) is 14.9. The molecule has 4 aliphatic carbocycles. The highest BCUT2D eigenvalue weighted by Crippen LogP contribution is 2.68. The molecule has 5 N–H and O–H groups in total. The van der Waals surface area contributed by atoms with Crippen molar-refractivity contribution >= 4 is 29.4 Å². The summed E-state index contributed by atoms with van der Waals surface area (Å²) in [6.45, 7) is 13.5. The molecular weight excluding hydrogens is 697 g/mol. The molecule has 7 heteroatoms. The Morgan fingerprint density at radius 1 is 0.875 bits per heavy atom. The van der Waals surface area contributed by atoms with E-state index in [4.69, 9.17) is 20.9 Å². The minimum atomic E-state index is -0.941. The second-order valence-corrected chi connectivity index (χ2v) is 19.0. The summed E-state index contributed by atoms with van der Waals surface area (Å²) in [5, 5.41) is 9.33. The Labute approximate surface area is 337 Å². The molecule has 2 aromatic carbocycles. The number of esters is 1. The molecule has 0 heterocycles. The van der Waals surface area contributed by atoms with Crippen LogP contribution in [0.3, 0.4) is 0 Å². The minimum Gasteiger partial charge on any atom is -0.493 e. The van der Waals surface area contributed by atoms with E-state index in [-0.39, 0.29) is 5.41 Å². The van der Waals surface area contributed by atoms with Gasteiger partial charge in [0.1, 0.15) is 5.75 Å². The second kappa shape index (κ2) is 18.2. The van der Waals surface area contributed by atoms with E-state index in [0.717, 1.165) is 85.3 Å². The third-order valence-electron chi connectivity index (χ3n) is 14.9. The van der Waals surface area contributed by atoms with Crippen LogP contribution in [0.2, 0.25) is 0 Å². The Morgan fingerprint density at radius 2 is 1.62 bits per heavy atom. The van der Waals surface area contributed by atoms with Crippen molar-refractivity contribution in [2.75, 3.05) is 24.7 Å². The number of carbonyl (C=O) groups is 2. The van der Waals surface area contributed by atoms with E-state index >= 15 is 0 Å². The summed E-state index contributed by atoms with van der Waals surface area (Å²) in [5.74, 6) is 4.87. The van der Waals surface area contributed by atoms with Gasteiger partial charge in [0.05, 0.1) is 18.8 Å². The Balaban J connectivity index is 1.06. The molecule has 3 fully saturated rings. The van der Waals surface area contributed by atoms with E-state index in [1.807, 2.05) is 12.1 Å². The number of carbonyl (C=O) groups excluding carboxylic acids is 1. The average molecular weight is 767 g/mol. The zero-order valence-electron chi connectivity index (χ0n) is 35.0. The first kappa shape index (κ1) is 41.9. The Hall–Kier alpha value is -3.74. The summed E-state index contributed by atoms with van der Waals surface area (Å²) in [6, 6.07) is 11.0. The average Bonchev–Trinajstić information content (AvgIpc) is 3.51. The van der Waals surface area contributed by atoms with Crippen LogP contribution >= 0.6 is 0 Å². The molecule has 0 spiro atoms. The van der Waals surface area contributed by atoms with Crippen molar-refractivity contribution in [2.45, 2.75) is 137 Å². The van der Waals surface area contributed by atoms with E-state index in [9.17, 15) is 14.7 Å². The van der Waals surface area contributed by atoms with Gasteiger partial charge in [0.15, 0.2) is 0 Å². The molecule has 0 aromatic heterocycles. The van der Waals surface area contributed by atoms with Crippen LogP contribution < -0.4 is 16.2 Å². The molecule has 0 aliphatic heterocycles. The fourth-order valence-electron chi connectivity index (χ4n) is 12.0. The van der Waals surface area contributed by atoms with Crippen molar-refractivity contribution in [1.82, 2.24) is 0 Å². The molecule has 3 saturated carbocycles. The number of benzene rings is 2. The number of carboxylic acid groups (broad SMARTS) is 1. The van der Waals surface area contributed by atoms with Gasteiger partial charge in [-0.05, 0) is 177 Å². The molecule has 2 aromatic rings. The van der Waals surface area contributed by atoms with Crippen LogP contribution in [0.15, 0.2) is 54.1 Å². The summed E-state index contributed by atoms with van der Waals surface area (Å²) in [7, 11) is 0. The minimum absolute atomic E-state index is 0.264. The fraction of sp³-hybridized carbons (Fsp3) is 0.633. The number of nitrogen functional groups attached to an aromatic ring is 2. The lowest BCUT2D eigenvalue weighted by atomic mass is 9.46. The highest BCUT2D eigenvalue weighted by atomic mass is 16.5. The van der Waals surface area contributed by atoms with Crippen LogP contribution in [0.5, 0.6) is 5.75 Å². The number of carboxylic acids is 1. The van der Waals surface area contributed by atoms with Crippen LogP contribution in [0.1, 0.15) is 158 Å². The Kier molecular flexibility index (Phi) is 13.6. The first-order valence-corrected chi connectivity index (χ1v) is 22.0. The number of nitrogens with two attached hydrogens (primary N) is 2. The monoisotopic (exact) mass is 767 g/mol. The second-order valence-electron chi connectivity index (χ2n) is 19.0. The summed E-state index contributed by atoms with van der Waals surface area (Å²) < 4.78 is 11.9. The van der Waals surface area contributed by atoms with E-state index < -0.39 is 11.9 Å². The number of ether oxygens (including phenoxy) is 2. The highest BCUT2D eigenvalue weighted by molar-refractivity contribution is 5.91. The van der Waals surface area contributed by atoms with Crippen LogP contribution in [0.25, 0.3) is 6.08 Å². The lowest BCUT2D eigenvalue weighted by molar-refractivity contribution is -0.131. The summed E-state index contributed by atoms with van der Waals surface area (Å²) in [4.78, 5) is 23.8. The maximum Gasteiger partial charge on any atom is 0.338 e. The molecule has 6 rings (SSSR count). The van der Waals surface area contributed by atoms with Crippen LogP contribution in [0.4, 0.5) is 11.4 Å². The largest absolute Gasteiger partial charge is 0.493 e. The molecule has 7 nitrogen and oxygen atoms in total. The SMILES string of the molecule is CC(C)CCC[C@@H](C)[C@H]1CCC2C3CC=C4CC(c5cc(C=CC(=O)O)ccc5OCCCCCCOC(=O)c5cc(N)cc(N)c5)CC[C@]4(C)C3CC[C@@]21C. The topological polar surface area (TPSA) is 125 Å². The molecule has 4 aliphatic rings. The molecule has 0 amide bonds. The van der Waals surface area contributed by atoms with Gasteiger partial charge in [-0.3, -0.25) is 0 Å². The maximum atomic E-state index is 12.4. The summed E-state index contributed by atoms with van der Waals surface area (Å²) in [5.41, 5.74) is 17.4. The molecule has 4 unspecified atom stereocenters. The molecule has 8 atom stereocenters. The van der Waals surface area contributed by atoms with E-state index in [0.29, 0.717) is 41.5 Å². The number of allylic oxidation sites excluding steroid dienone is 2. The van der Waals surface area contributed by atoms with Crippen molar-refractivity contribution < 1.29 is 24.2 Å². The number of rotatable bonds is 17.